The van der Waals surface area contributed by atoms with E-state index in [4.69, 9.17) is 4.98 Å². The maximum atomic E-state index is 4.74. The average molecular weight is 360 g/mol. The van der Waals surface area contributed by atoms with E-state index in [1.54, 1.807) is 0 Å². The molecule has 0 fully saturated rings. The maximum Gasteiger partial charge on any atom is 0.226 e. The fraction of sp³-hybridized carbons (Fsp3) is 0.286. The summed E-state index contributed by atoms with van der Waals surface area (Å²) in [6.07, 6.45) is 1.02. The molecule has 2 heterocycles. The van der Waals surface area contributed by atoms with E-state index >= 15 is 0 Å². The Hall–Kier alpha value is -2.99. The van der Waals surface area contributed by atoms with Gasteiger partial charge in [-0.25, -0.2) is 9.97 Å². The fourth-order valence-electron chi connectivity index (χ4n) is 3.30. The van der Waals surface area contributed by atoms with Crippen molar-refractivity contribution in [2.45, 2.75) is 19.9 Å². The number of benzene rings is 2. The molecule has 0 unspecified atom stereocenters. The van der Waals surface area contributed by atoms with Gasteiger partial charge in [-0.1, -0.05) is 42.5 Å². The van der Waals surface area contributed by atoms with Crippen molar-refractivity contribution in [2.24, 2.45) is 0 Å². The zero-order valence-electron chi connectivity index (χ0n) is 15.8. The summed E-state index contributed by atoms with van der Waals surface area (Å²) in [4.78, 5) is 11.6. The van der Waals surface area contributed by atoms with Gasteiger partial charge < -0.3 is 10.2 Å². The molecule has 0 aliphatic heterocycles. The van der Waals surface area contributed by atoms with E-state index in [9.17, 15) is 0 Å². The Morgan fingerprint density at radius 2 is 1.78 bits per heavy atom. The number of anilines is 1. The van der Waals surface area contributed by atoms with Gasteiger partial charge in [0.2, 0.25) is 5.95 Å². The number of hydrogen-bond acceptors (Lipinski definition) is 5. The Morgan fingerprint density at radius 1 is 1.00 bits per heavy atom. The van der Waals surface area contributed by atoms with Crippen molar-refractivity contribution in [3.63, 3.8) is 0 Å². The molecule has 0 aliphatic rings. The molecule has 6 nitrogen and oxygen atoms in total. The van der Waals surface area contributed by atoms with Crippen molar-refractivity contribution in [2.75, 3.05) is 25.5 Å². The number of nitrogens with one attached hydrogen (secondary N) is 1. The number of aryl methyl sites for hydroxylation is 1. The summed E-state index contributed by atoms with van der Waals surface area (Å²) in [7, 11) is 2.15. The first kappa shape index (κ1) is 17.4. The largest absolute Gasteiger partial charge is 0.354 e. The molecule has 138 valence electrons. The minimum atomic E-state index is 0.745. The van der Waals surface area contributed by atoms with Crippen molar-refractivity contribution in [1.82, 2.24) is 24.5 Å². The molecule has 0 radical (unpaired) electrons. The number of hydrogen-bond donors (Lipinski definition) is 1. The van der Waals surface area contributed by atoms with Crippen LogP contribution in [-0.2, 0) is 6.54 Å². The van der Waals surface area contributed by atoms with Crippen molar-refractivity contribution in [3.05, 3.63) is 66.0 Å². The molecule has 0 atom stereocenters. The normalized spacial score (nSPS) is 11.5. The van der Waals surface area contributed by atoms with Crippen molar-refractivity contribution < 1.29 is 0 Å². The minimum Gasteiger partial charge on any atom is -0.354 e. The van der Waals surface area contributed by atoms with E-state index in [1.165, 1.54) is 5.56 Å². The van der Waals surface area contributed by atoms with Gasteiger partial charge in [0.05, 0.1) is 5.52 Å². The highest BCUT2D eigenvalue weighted by atomic mass is 15.4. The van der Waals surface area contributed by atoms with E-state index in [1.807, 2.05) is 35.7 Å². The molecule has 0 amide bonds. The summed E-state index contributed by atoms with van der Waals surface area (Å²) in [5.74, 6) is 1.49. The summed E-state index contributed by atoms with van der Waals surface area (Å²) >= 11 is 0. The van der Waals surface area contributed by atoms with E-state index in [0.29, 0.717) is 0 Å². The second-order valence-electron chi connectivity index (χ2n) is 6.85. The van der Waals surface area contributed by atoms with E-state index in [-0.39, 0.29) is 0 Å². The maximum absolute atomic E-state index is 4.74. The van der Waals surface area contributed by atoms with Gasteiger partial charge >= 0.3 is 0 Å². The lowest BCUT2D eigenvalue weighted by atomic mass is 10.2. The average Bonchev–Trinajstić information content (AvgIpc) is 3.08. The van der Waals surface area contributed by atoms with Crippen LogP contribution in [0.1, 0.15) is 17.8 Å². The summed E-state index contributed by atoms with van der Waals surface area (Å²) in [6, 6.07) is 18.6. The Morgan fingerprint density at radius 3 is 2.63 bits per heavy atom. The number of rotatable bonds is 7. The number of fused-ring (bicyclic) bond motifs is 3. The highest BCUT2D eigenvalue weighted by Crippen LogP contribution is 2.20. The van der Waals surface area contributed by atoms with Crippen LogP contribution in [0, 0.1) is 6.92 Å². The van der Waals surface area contributed by atoms with Crippen molar-refractivity contribution >= 4 is 22.5 Å². The van der Waals surface area contributed by atoms with E-state index in [0.717, 1.165) is 54.4 Å². The summed E-state index contributed by atoms with van der Waals surface area (Å²) in [5, 5.41) is 8.96. The number of para-hydroxylation sites is 1. The van der Waals surface area contributed by atoms with E-state index < -0.39 is 0 Å². The van der Waals surface area contributed by atoms with Crippen molar-refractivity contribution in [1.29, 1.82) is 0 Å². The molecule has 0 saturated carbocycles. The number of aromatic nitrogens is 4. The second kappa shape index (κ2) is 7.72. The van der Waals surface area contributed by atoms with Crippen molar-refractivity contribution in [3.8, 4) is 0 Å². The molecule has 6 heteroatoms. The molecular weight excluding hydrogens is 336 g/mol. The predicted octanol–water partition coefficient (Wildman–Crippen LogP) is 3.52. The minimum absolute atomic E-state index is 0.745. The van der Waals surface area contributed by atoms with Gasteiger partial charge in [0.15, 0.2) is 5.65 Å². The summed E-state index contributed by atoms with van der Waals surface area (Å²) in [6.45, 7) is 4.71. The first-order chi connectivity index (χ1) is 13.2. The van der Waals surface area contributed by atoms with Crippen LogP contribution in [0.15, 0.2) is 54.6 Å². The zero-order valence-corrected chi connectivity index (χ0v) is 15.8. The molecule has 0 saturated heterocycles. The van der Waals surface area contributed by atoms with Crippen LogP contribution in [-0.4, -0.2) is 44.6 Å². The highest BCUT2D eigenvalue weighted by molar-refractivity contribution is 5.92. The summed E-state index contributed by atoms with van der Waals surface area (Å²) < 4.78 is 1.81. The Bertz CT molecular complexity index is 1040. The van der Waals surface area contributed by atoms with Gasteiger partial charge in [0.1, 0.15) is 5.82 Å². The van der Waals surface area contributed by atoms with Gasteiger partial charge in [-0.15, -0.1) is 5.10 Å². The van der Waals surface area contributed by atoms with Crippen LogP contribution in [0.25, 0.3) is 16.6 Å². The molecule has 27 heavy (non-hydrogen) atoms. The van der Waals surface area contributed by atoms with Gasteiger partial charge in [0, 0.05) is 18.5 Å². The lowest BCUT2D eigenvalue weighted by molar-refractivity contribution is 0.325. The Balaban J connectivity index is 1.41. The highest BCUT2D eigenvalue weighted by Gasteiger charge is 2.11. The third kappa shape index (κ3) is 3.90. The van der Waals surface area contributed by atoms with Crippen LogP contribution in [0.3, 0.4) is 0 Å². The molecule has 1 N–H and O–H groups in total. The van der Waals surface area contributed by atoms with Gasteiger partial charge in [-0.05, 0) is 44.6 Å². The van der Waals surface area contributed by atoms with Crippen LogP contribution in [0.2, 0.25) is 0 Å². The van der Waals surface area contributed by atoms with Gasteiger partial charge in [-0.3, -0.25) is 0 Å². The third-order valence-corrected chi connectivity index (χ3v) is 4.58. The first-order valence-corrected chi connectivity index (χ1v) is 9.29. The van der Waals surface area contributed by atoms with Gasteiger partial charge in [-0.2, -0.15) is 4.52 Å². The van der Waals surface area contributed by atoms with Crippen LogP contribution in [0.5, 0.6) is 0 Å². The molecule has 0 bridgehead atoms. The molecule has 2 aromatic heterocycles. The standard InChI is InChI=1S/C21H24N6/c1-16-23-20-18-11-6-7-12-19(18)24-21(27(20)25-16)22-13-8-14-26(2)15-17-9-4-3-5-10-17/h3-7,9-12H,8,13-15H2,1-2H3,(H,22,24). The van der Waals surface area contributed by atoms with Crippen LogP contribution < -0.4 is 5.32 Å². The predicted molar refractivity (Wildman–Crippen MR) is 109 cm³/mol. The summed E-state index contributed by atoms with van der Waals surface area (Å²) in [5.41, 5.74) is 3.12. The molecule has 0 aliphatic carbocycles. The third-order valence-electron chi connectivity index (χ3n) is 4.58. The smallest absolute Gasteiger partial charge is 0.226 e. The first-order valence-electron chi connectivity index (χ1n) is 9.29. The van der Waals surface area contributed by atoms with Gasteiger partial charge in [0.25, 0.3) is 0 Å². The molecule has 0 spiro atoms. The lowest BCUT2D eigenvalue weighted by Gasteiger charge is -2.17. The quantitative estimate of drug-likeness (QED) is 0.511. The number of nitrogens with zero attached hydrogens (tertiary/aromatic N) is 5. The Kier molecular flexibility index (Phi) is 4.98. The molecule has 4 aromatic rings. The molecular formula is C21H24N6. The fourth-order valence-corrected chi connectivity index (χ4v) is 3.30. The van der Waals surface area contributed by atoms with E-state index in [2.05, 4.69) is 57.7 Å². The topological polar surface area (TPSA) is 58.4 Å². The lowest BCUT2D eigenvalue weighted by Crippen LogP contribution is -2.21. The second-order valence-corrected chi connectivity index (χ2v) is 6.85. The molecule has 2 aromatic carbocycles. The SMILES string of the molecule is Cc1nc2c3ccccc3nc(NCCCN(C)Cc3ccccc3)n2n1. The van der Waals surface area contributed by atoms with Crippen LogP contribution in [0.4, 0.5) is 5.95 Å². The zero-order chi connectivity index (χ0) is 18.6. The Labute approximate surface area is 158 Å². The monoisotopic (exact) mass is 360 g/mol. The molecule has 4 rings (SSSR count). The van der Waals surface area contributed by atoms with Crippen LogP contribution >= 0.6 is 0 Å².